The van der Waals surface area contributed by atoms with Gasteiger partial charge in [0.1, 0.15) is 0 Å². The molecule has 0 amide bonds. The molecule has 0 aromatic heterocycles. The van der Waals surface area contributed by atoms with Crippen LogP contribution >= 0.6 is 0 Å². The van der Waals surface area contributed by atoms with Gasteiger partial charge in [-0.2, -0.15) is 0 Å². The van der Waals surface area contributed by atoms with Gasteiger partial charge in [0.15, 0.2) is 0 Å². The van der Waals surface area contributed by atoms with Crippen molar-refractivity contribution in [3.63, 3.8) is 0 Å². The Balaban J connectivity index is 1.82. The van der Waals surface area contributed by atoms with Crippen molar-refractivity contribution in [1.29, 1.82) is 0 Å². The van der Waals surface area contributed by atoms with E-state index in [-0.39, 0.29) is 0 Å². The van der Waals surface area contributed by atoms with Crippen LogP contribution in [0.2, 0.25) is 0 Å². The summed E-state index contributed by atoms with van der Waals surface area (Å²) < 4.78 is 0. The van der Waals surface area contributed by atoms with Gasteiger partial charge in [-0.15, -0.1) is 0 Å². The molecular weight excluding hydrogens is 240 g/mol. The van der Waals surface area contributed by atoms with E-state index in [2.05, 4.69) is 24.2 Å². The van der Waals surface area contributed by atoms with Crippen LogP contribution in [0.1, 0.15) is 20.3 Å². The molecule has 2 N–H and O–H groups in total. The van der Waals surface area contributed by atoms with Crippen molar-refractivity contribution < 1.29 is 10.4 Å². The van der Waals surface area contributed by atoms with Crippen LogP contribution in [0.4, 0.5) is 0 Å². The van der Waals surface area contributed by atoms with E-state index in [1.807, 2.05) is 0 Å². The van der Waals surface area contributed by atoms with E-state index in [0.29, 0.717) is 47.3 Å². The van der Waals surface area contributed by atoms with Crippen LogP contribution < -0.4 is 0 Å². The van der Waals surface area contributed by atoms with Gasteiger partial charge in [-0.1, -0.05) is 21.5 Å². The molecule has 19 heavy (non-hydrogen) atoms. The Bertz CT molecular complexity index is 543. The van der Waals surface area contributed by atoms with Crippen molar-refractivity contribution in [3.8, 4) is 0 Å². The summed E-state index contributed by atoms with van der Waals surface area (Å²) in [4.78, 5) is 0. The maximum atomic E-state index is 9.48. The van der Waals surface area contributed by atoms with E-state index in [1.54, 1.807) is 0 Å². The molecule has 5 aliphatic rings. The highest BCUT2D eigenvalue weighted by Gasteiger charge is 2.79. The van der Waals surface area contributed by atoms with E-state index in [1.165, 1.54) is 11.1 Å². The second-order valence-corrected chi connectivity index (χ2v) is 7.22. The molecule has 0 saturated heterocycles. The average Bonchev–Trinajstić information content (AvgIpc) is 2.89. The fourth-order valence-corrected chi connectivity index (χ4v) is 6.74. The summed E-state index contributed by atoms with van der Waals surface area (Å²) >= 11 is 0. The van der Waals surface area contributed by atoms with Crippen LogP contribution in [0.5, 0.6) is 0 Å². The smallest absolute Gasteiger partial charge is 0.0679 e. The van der Waals surface area contributed by atoms with Gasteiger partial charge in [0.2, 0.25) is 0 Å². The quantitative estimate of drug-likeness (QED) is 0.398. The first kappa shape index (κ1) is 10.5. The summed E-state index contributed by atoms with van der Waals surface area (Å²) in [6.45, 7) is 4.30. The molecule has 5 saturated carbocycles. The Labute approximate surface area is 111 Å². The third-order valence-electron chi connectivity index (χ3n) is 6.86. The molecule has 0 heterocycles. The zero-order chi connectivity index (χ0) is 13.0. The maximum absolute atomic E-state index is 9.48. The second kappa shape index (κ2) is 2.89. The largest absolute Gasteiger partial charge is 0.411 e. The molecule has 0 radical (unpaired) electrons. The monoisotopic (exact) mass is 258 g/mol. The number of nitrogens with zero attached hydrogens (tertiary/aromatic N) is 2. The average molecular weight is 258 g/mol. The summed E-state index contributed by atoms with van der Waals surface area (Å²) in [5.74, 6) is 4.30. The normalized spacial score (nSPS) is 59.4. The first-order valence-corrected chi connectivity index (χ1v) is 7.31. The molecule has 0 aromatic rings. The van der Waals surface area contributed by atoms with Crippen LogP contribution in [0, 0.1) is 47.3 Å². The number of hydrogen-bond acceptors (Lipinski definition) is 4. The predicted molar refractivity (Wildman–Crippen MR) is 69.4 cm³/mol. The molecule has 5 rings (SSSR count). The van der Waals surface area contributed by atoms with Crippen molar-refractivity contribution in [2.45, 2.75) is 20.3 Å². The summed E-state index contributed by atoms with van der Waals surface area (Å²) in [6.07, 6.45) is 1.05. The molecule has 100 valence electrons. The molecular formula is C15H18N2O2. The topological polar surface area (TPSA) is 65.2 Å². The van der Waals surface area contributed by atoms with Crippen LogP contribution in [-0.2, 0) is 0 Å². The lowest BCUT2D eigenvalue weighted by atomic mass is 9.60. The molecule has 0 bridgehead atoms. The van der Waals surface area contributed by atoms with Gasteiger partial charge in [-0.3, -0.25) is 0 Å². The molecule has 5 fully saturated rings. The molecule has 5 aliphatic carbocycles. The van der Waals surface area contributed by atoms with Crippen molar-refractivity contribution in [1.82, 2.24) is 0 Å². The van der Waals surface area contributed by atoms with Gasteiger partial charge in [0.25, 0.3) is 0 Å². The highest BCUT2D eigenvalue weighted by atomic mass is 16.4. The fourth-order valence-electron chi connectivity index (χ4n) is 6.74. The lowest BCUT2D eigenvalue weighted by Gasteiger charge is -2.43. The number of hydrogen-bond donors (Lipinski definition) is 2. The van der Waals surface area contributed by atoms with Crippen LogP contribution in [0.3, 0.4) is 0 Å². The zero-order valence-electron chi connectivity index (χ0n) is 11.1. The van der Waals surface area contributed by atoms with E-state index in [0.717, 1.165) is 17.8 Å². The maximum Gasteiger partial charge on any atom is 0.0679 e. The minimum atomic E-state index is 0.342. The molecule has 0 aliphatic heterocycles. The highest BCUT2D eigenvalue weighted by Crippen LogP contribution is 2.79. The van der Waals surface area contributed by atoms with Gasteiger partial charge >= 0.3 is 0 Å². The van der Waals surface area contributed by atoms with Crippen LogP contribution in [0.25, 0.3) is 0 Å². The Kier molecular flexibility index (Phi) is 1.59. The molecule has 0 unspecified atom stereocenters. The Hall–Kier alpha value is -1.32. The molecule has 0 spiro atoms. The summed E-state index contributed by atoms with van der Waals surface area (Å²) in [5, 5.41) is 26.4. The lowest BCUT2D eigenvalue weighted by Crippen LogP contribution is -2.41. The van der Waals surface area contributed by atoms with Crippen molar-refractivity contribution >= 4 is 11.4 Å². The van der Waals surface area contributed by atoms with Crippen molar-refractivity contribution in [2.24, 2.45) is 57.7 Å². The minimum Gasteiger partial charge on any atom is -0.411 e. The lowest BCUT2D eigenvalue weighted by molar-refractivity contribution is 0.0202. The Morgan fingerprint density at radius 3 is 1.74 bits per heavy atom. The zero-order valence-corrected chi connectivity index (χ0v) is 11.1. The first-order chi connectivity index (χ1) is 9.20. The van der Waals surface area contributed by atoms with Gasteiger partial charge in [-0.05, 0) is 43.9 Å². The Morgan fingerprint density at radius 1 is 0.895 bits per heavy atom. The molecule has 8 atom stereocenters. The summed E-state index contributed by atoms with van der Waals surface area (Å²) in [6, 6.07) is 0. The highest BCUT2D eigenvalue weighted by molar-refractivity contribution is 6.05. The van der Waals surface area contributed by atoms with Crippen molar-refractivity contribution in [3.05, 3.63) is 11.1 Å². The van der Waals surface area contributed by atoms with Gasteiger partial charge in [0.05, 0.1) is 11.4 Å². The minimum absolute atomic E-state index is 0.342. The predicted octanol–water partition coefficient (Wildman–Crippen LogP) is 2.37. The fraction of sp³-hybridized carbons (Fsp3) is 0.733. The molecule has 4 nitrogen and oxygen atoms in total. The van der Waals surface area contributed by atoms with Crippen molar-refractivity contribution in [2.75, 3.05) is 0 Å². The third-order valence-corrected chi connectivity index (χ3v) is 6.86. The summed E-state index contributed by atoms with van der Waals surface area (Å²) in [7, 11) is 0. The molecule has 0 aromatic carbocycles. The van der Waals surface area contributed by atoms with E-state index in [9.17, 15) is 10.4 Å². The van der Waals surface area contributed by atoms with Crippen LogP contribution in [0.15, 0.2) is 21.5 Å². The van der Waals surface area contributed by atoms with Gasteiger partial charge in [-0.25, -0.2) is 0 Å². The van der Waals surface area contributed by atoms with Crippen LogP contribution in [-0.4, -0.2) is 21.8 Å². The standard InChI is InChI=1S/C15H18N2O2/c1-4(2)7-12-10-8-5(14(12)16-18)3-6-9(8)11(10)13(7)15(6)17-19/h5-6,8-13,18-19H,3H2,1-2H3/b16-14-,17-15+/t5-,6+,8-,9-,10-,11-,12-,13-/m0/s1. The number of allylic oxidation sites excluding steroid dienone is 2. The SMILES string of the molecule is CC(C)=C1[C@@H]2/C(=N\O)[C@H]3C[C@H]4/C(=N\O)[C@@H]1[C@@H]1[C@@H]2[C@@H]3[C@@H]14. The summed E-state index contributed by atoms with van der Waals surface area (Å²) in [5.41, 5.74) is 4.82. The van der Waals surface area contributed by atoms with E-state index < -0.39 is 0 Å². The number of oxime groups is 2. The van der Waals surface area contributed by atoms with Gasteiger partial charge < -0.3 is 10.4 Å². The van der Waals surface area contributed by atoms with Gasteiger partial charge in [0, 0.05) is 23.7 Å². The third kappa shape index (κ3) is 0.808. The van der Waals surface area contributed by atoms with E-state index in [4.69, 9.17) is 0 Å². The van der Waals surface area contributed by atoms with E-state index >= 15 is 0 Å². The Morgan fingerprint density at radius 2 is 1.37 bits per heavy atom. The molecule has 4 heteroatoms. The number of rotatable bonds is 0. The second-order valence-electron chi connectivity index (χ2n) is 7.22. The first-order valence-electron chi connectivity index (χ1n) is 7.31.